The van der Waals surface area contributed by atoms with Crippen LogP contribution in [0.5, 0.6) is 11.5 Å². The summed E-state index contributed by atoms with van der Waals surface area (Å²) in [4.78, 5) is 12.3. The summed E-state index contributed by atoms with van der Waals surface area (Å²) in [5.41, 5.74) is 0.447. The molecule has 0 saturated heterocycles. The predicted octanol–water partition coefficient (Wildman–Crippen LogP) is 3.36. The summed E-state index contributed by atoms with van der Waals surface area (Å²) in [6, 6.07) is 5.50. The third-order valence-corrected chi connectivity index (χ3v) is 4.06. The molecule has 0 unspecified atom stereocenters. The highest BCUT2D eigenvalue weighted by Crippen LogP contribution is 2.42. The van der Waals surface area contributed by atoms with Crippen molar-refractivity contribution in [3.8, 4) is 11.5 Å². The number of rotatable bonds is 1. The lowest BCUT2D eigenvalue weighted by molar-refractivity contribution is 0.0135. The lowest BCUT2D eigenvalue weighted by atomic mass is 9.78. The van der Waals surface area contributed by atoms with Crippen LogP contribution in [0.15, 0.2) is 18.2 Å². The van der Waals surface area contributed by atoms with Crippen LogP contribution in [0.2, 0.25) is 0 Å². The average Bonchev–Trinajstić information content (AvgIpc) is 2.39. The van der Waals surface area contributed by atoms with E-state index in [2.05, 4.69) is 0 Å². The Hall–Kier alpha value is -1.51. The van der Waals surface area contributed by atoms with Crippen molar-refractivity contribution in [2.75, 3.05) is 7.11 Å². The van der Waals surface area contributed by atoms with E-state index in [0.717, 1.165) is 18.6 Å². The molecular formula is C15H18O3. The minimum Gasteiger partial charge on any atom is -0.497 e. The van der Waals surface area contributed by atoms with Crippen molar-refractivity contribution < 1.29 is 14.3 Å². The molecule has 0 N–H and O–H groups in total. The van der Waals surface area contributed by atoms with Gasteiger partial charge in [-0.1, -0.05) is 6.42 Å². The number of hydrogen-bond acceptors (Lipinski definition) is 3. The van der Waals surface area contributed by atoms with Crippen molar-refractivity contribution in [1.29, 1.82) is 0 Å². The number of carbonyl (C=O) groups excluding carboxylic acids is 1. The van der Waals surface area contributed by atoms with Crippen molar-refractivity contribution in [3.63, 3.8) is 0 Å². The third-order valence-electron chi connectivity index (χ3n) is 4.06. The molecular weight excluding hydrogens is 228 g/mol. The molecule has 1 heterocycles. The van der Waals surface area contributed by atoms with Crippen molar-refractivity contribution >= 4 is 5.78 Å². The van der Waals surface area contributed by atoms with Gasteiger partial charge in [0.25, 0.3) is 0 Å². The molecule has 3 nitrogen and oxygen atoms in total. The van der Waals surface area contributed by atoms with Gasteiger partial charge in [-0.2, -0.15) is 0 Å². The highest BCUT2D eigenvalue weighted by atomic mass is 16.5. The number of ketones is 1. The zero-order valence-electron chi connectivity index (χ0n) is 10.7. The van der Waals surface area contributed by atoms with Gasteiger partial charge in [-0.3, -0.25) is 4.79 Å². The van der Waals surface area contributed by atoms with Crippen LogP contribution in [-0.4, -0.2) is 18.5 Å². The van der Waals surface area contributed by atoms with Gasteiger partial charge in [0.15, 0.2) is 5.78 Å². The number of Topliss-reactive ketones (excluding diaryl/α,β-unsaturated/α-hetero) is 1. The van der Waals surface area contributed by atoms with Gasteiger partial charge < -0.3 is 9.47 Å². The Bertz CT molecular complexity index is 473. The Balaban J connectivity index is 1.95. The zero-order valence-corrected chi connectivity index (χ0v) is 10.7. The van der Waals surface area contributed by atoms with Crippen LogP contribution in [0.3, 0.4) is 0 Å². The standard InChI is InChI=1S/C15H18O3/c1-17-11-5-6-14-12(9-11)13(16)10-15(18-14)7-3-2-4-8-15/h5-6,9H,2-4,7-8,10H2,1H3. The van der Waals surface area contributed by atoms with E-state index < -0.39 is 0 Å². The summed E-state index contributed by atoms with van der Waals surface area (Å²) in [7, 11) is 1.61. The Morgan fingerprint density at radius 3 is 2.72 bits per heavy atom. The Morgan fingerprint density at radius 2 is 2.00 bits per heavy atom. The number of methoxy groups -OCH3 is 1. The smallest absolute Gasteiger partial charge is 0.170 e. The van der Waals surface area contributed by atoms with Gasteiger partial charge in [-0.25, -0.2) is 0 Å². The second-order valence-corrected chi connectivity index (χ2v) is 5.31. The minimum absolute atomic E-state index is 0.192. The minimum atomic E-state index is -0.225. The lowest BCUT2D eigenvalue weighted by Gasteiger charge is -2.40. The largest absolute Gasteiger partial charge is 0.497 e. The van der Waals surface area contributed by atoms with E-state index in [-0.39, 0.29) is 11.4 Å². The van der Waals surface area contributed by atoms with Gasteiger partial charge in [0.1, 0.15) is 17.1 Å². The van der Waals surface area contributed by atoms with Crippen molar-refractivity contribution in [2.45, 2.75) is 44.1 Å². The molecule has 0 atom stereocenters. The van der Waals surface area contributed by atoms with Crippen LogP contribution in [-0.2, 0) is 0 Å². The van der Waals surface area contributed by atoms with Crippen LogP contribution in [0.4, 0.5) is 0 Å². The highest BCUT2D eigenvalue weighted by Gasteiger charge is 2.41. The fourth-order valence-electron chi connectivity index (χ4n) is 3.08. The van der Waals surface area contributed by atoms with Crippen LogP contribution in [0, 0.1) is 0 Å². The topological polar surface area (TPSA) is 35.5 Å². The van der Waals surface area contributed by atoms with Crippen LogP contribution >= 0.6 is 0 Å². The van der Waals surface area contributed by atoms with Crippen molar-refractivity contribution in [2.24, 2.45) is 0 Å². The number of fused-ring (bicyclic) bond motifs is 1. The van der Waals surface area contributed by atoms with Gasteiger partial charge in [0.05, 0.1) is 19.1 Å². The number of benzene rings is 1. The van der Waals surface area contributed by atoms with E-state index in [4.69, 9.17) is 9.47 Å². The van der Waals surface area contributed by atoms with E-state index in [1.165, 1.54) is 19.3 Å². The summed E-state index contributed by atoms with van der Waals surface area (Å²) in [5, 5.41) is 0. The molecule has 0 bridgehead atoms. The first-order chi connectivity index (χ1) is 8.72. The molecule has 18 heavy (non-hydrogen) atoms. The average molecular weight is 246 g/mol. The molecule has 1 aliphatic heterocycles. The summed E-state index contributed by atoms with van der Waals surface area (Å²) < 4.78 is 11.3. The highest BCUT2D eigenvalue weighted by molar-refractivity contribution is 6.00. The second kappa shape index (κ2) is 4.30. The SMILES string of the molecule is COc1ccc2c(c1)C(=O)CC1(CCCCC1)O2. The molecule has 3 heteroatoms. The summed E-state index contributed by atoms with van der Waals surface area (Å²) >= 11 is 0. The first-order valence-electron chi connectivity index (χ1n) is 6.63. The molecule has 1 fully saturated rings. The molecule has 0 radical (unpaired) electrons. The molecule has 96 valence electrons. The third kappa shape index (κ3) is 1.88. The Morgan fingerprint density at radius 1 is 1.22 bits per heavy atom. The lowest BCUT2D eigenvalue weighted by Crippen LogP contribution is -2.43. The van der Waals surface area contributed by atoms with Gasteiger partial charge in [-0.15, -0.1) is 0 Å². The fraction of sp³-hybridized carbons (Fsp3) is 0.533. The maximum atomic E-state index is 12.3. The van der Waals surface area contributed by atoms with E-state index in [9.17, 15) is 4.79 Å². The molecule has 1 spiro atoms. The van der Waals surface area contributed by atoms with Gasteiger partial charge in [-0.05, 0) is 43.9 Å². The van der Waals surface area contributed by atoms with Gasteiger partial charge >= 0.3 is 0 Å². The summed E-state index contributed by atoms with van der Waals surface area (Å²) in [5.74, 6) is 1.64. The maximum Gasteiger partial charge on any atom is 0.170 e. The first-order valence-corrected chi connectivity index (χ1v) is 6.63. The second-order valence-electron chi connectivity index (χ2n) is 5.31. The molecule has 1 aromatic rings. The molecule has 0 aromatic heterocycles. The normalized spacial score (nSPS) is 21.3. The molecule has 1 aliphatic carbocycles. The number of carbonyl (C=O) groups is 1. The van der Waals surface area contributed by atoms with Gasteiger partial charge in [0, 0.05) is 0 Å². The van der Waals surface area contributed by atoms with Crippen LogP contribution < -0.4 is 9.47 Å². The van der Waals surface area contributed by atoms with Crippen molar-refractivity contribution in [1.82, 2.24) is 0 Å². The van der Waals surface area contributed by atoms with E-state index in [1.54, 1.807) is 13.2 Å². The maximum absolute atomic E-state index is 12.3. The predicted molar refractivity (Wildman–Crippen MR) is 68.4 cm³/mol. The number of ether oxygens (including phenoxy) is 2. The Labute approximate surface area is 107 Å². The first kappa shape index (κ1) is 11.6. The van der Waals surface area contributed by atoms with Crippen LogP contribution in [0.1, 0.15) is 48.9 Å². The summed E-state index contributed by atoms with van der Waals surface area (Å²) in [6.07, 6.45) is 6.12. The van der Waals surface area contributed by atoms with E-state index >= 15 is 0 Å². The van der Waals surface area contributed by atoms with Gasteiger partial charge in [0.2, 0.25) is 0 Å². The number of hydrogen-bond donors (Lipinski definition) is 0. The molecule has 1 saturated carbocycles. The fourth-order valence-corrected chi connectivity index (χ4v) is 3.08. The van der Waals surface area contributed by atoms with Crippen molar-refractivity contribution in [3.05, 3.63) is 23.8 Å². The molecule has 3 rings (SSSR count). The zero-order chi connectivity index (χ0) is 12.6. The Kier molecular flexibility index (Phi) is 2.77. The molecule has 2 aliphatic rings. The monoisotopic (exact) mass is 246 g/mol. The molecule has 0 amide bonds. The summed E-state index contributed by atoms with van der Waals surface area (Å²) in [6.45, 7) is 0. The van der Waals surface area contributed by atoms with E-state index in [1.807, 2.05) is 12.1 Å². The van der Waals surface area contributed by atoms with Crippen LogP contribution in [0.25, 0.3) is 0 Å². The molecule has 1 aromatic carbocycles. The van der Waals surface area contributed by atoms with E-state index in [0.29, 0.717) is 17.7 Å². The quantitative estimate of drug-likeness (QED) is 0.762.